The lowest BCUT2D eigenvalue weighted by molar-refractivity contribution is 0.660. The van der Waals surface area contributed by atoms with Crippen molar-refractivity contribution in [1.29, 1.82) is 0 Å². The van der Waals surface area contributed by atoms with Crippen LogP contribution in [0.15, 0.2) is 176 Å². The molecule has 0 unspecified atom stereocenters. The molecule has 3 heterocycles. The van der Waals surface area contributed by atoms with Gasteiger partial charge < -0.3 is 9.13 Å². The van der Waals surface area contributed by atoms with Crippen LogP contribution in [0.25, 0.3) is 89.4 Å². The average molecular weight is 706 g/mol. The average Bonchev–Trinajstić information content (AvgIpc) is 3.90. The molecule has 0 amide bonds. The minimum atomic E-state index is -0.265. The van der Waals surface area contributed by atoms with Gasteiger partial charge in [0.15, 0.2) is 17.5 Å². The van der Waals surface area contributed by atoms with Crippen molar-refractivity contribution in [2.45, 2.75) is 19.3 Å². The summed E-state index contributed by atoms with van der Waals surface area (Å²) in [7, 11) is 0. The molecule has 11 rings (SSSR count). The molecule has 0 spiro atoms. The van der Waals surface area contributed by atoms with Crippen molar-refractivity contribution in [2.24, 2.45) is 0 Å². The topological polar surface area (TPSA) is 48.5 Å². The van der Waals surface area contributed by atoms with Gasteiger partial charge in [0.1, 0.15) is 0 Å². The Morgan fingerprint density at radius 1 is 0.418 bits per heavy atom. The van der Waals surface area contributed by atoms with Gasteiger partial charge in [-0.25, -0.2) is 15.0 Å². The van der Waals surface area contributed by atoms with Crippen LogP contribution in [0.5, 0.6) is 0 Å². The number of aromatic nitrogens is 5. The van der Waals surface area contributed by atoms with Crippen molar-refractivity contribution in [3.8, 4) is 56.7 Å². The van der Waals surface area contributed by atoms with Crippen molar-refractivity contribution in [3.63, 3.8) is 0 Å². The molecule has 0 fully saturated rings. The highest BCUT2D eigenvalue weighted by atomic mass is 15.0. The Morgan fingerprint density at radius 2 is 1.00 bits per heavy atom. The highest BCUT2D eigenvalue weighted by Gasteiger charge is 2.36. The molecule has 3 aromatic heterocycles. The summed E-state index contributed by atoms with van der Waals surface area (Å²) in [6.45, 7) is 4.68. The maximum Gasteiger partial charge on any atom is 0.164 e. The van der Waals surface area contributed by atoms with Crippen LogP contribution in [0.4, 0.5) is 0 Å². The lowest BCUT2D eigenvalue weighted by Crippen LogP contribution is -2.15. The summed E-state index contributed by atoms with van der Waals surface area (Å²) < 4.78 is 4.75. The first kappa shape index (κ1) is 31.4. The zero-order valence-corrected chi connectivity index (χ0v) is 30.5. The number of para-hydroxylation sites is 2. The number of nitrogens with zero attached hydrogens (tertiary/aromatic N) is 5. The summed E-state index contributed by atoms with van der Waals surface area (Å²) in [6, 6.07) is 60.2. The minimum absolute atomic E-state index is 0.265. The number of hydrogen-bond acceptors (Lipinski definition) is 3. The van der Waals surface area contributed by atoms with Crippen LogP contribution >= 0.6 is 0 Å². The molecule has 5 nitrogen and oxygen atoms in total. The van der Waals surface area contributed by atoms with E-state index in [1.807, 2.05) is 36.4 Å². The van der Waals surface area contributed by atoms with Crippen LogP contribution in [0, 0.1) is 0 Å². The smallest absolute Gasteiger partial charge is 0.164 e. The van der Waals surface area contributed by atoms with Crippen LogP contribution in [-0.2, 0) is 5.41 Å². The minimum Gasteiger partial charge on any atom is -0.316 e. The summed E-state index contributed by atoms with van der Waals surface area (Å²) in [6.07, 6.45) is 2.19. The van der Waals surface area contributed by atoms with Gasteiger partial charge in [0.05, 0.1) is 16.6 Å². The maximum atomic E-state index is 5.05. The third-order valence-corrected chi connectivity index (χ3v) is 11.4. The SMILES string of the molecule is CC1(C)c2cc(-c3nc(-c4ccccc4)nc(-c4ccccc4)n3)ccc2-c2ccc(-n3c4ccccc4c4ccc5c(ccn5-c5ccccc5)c43)cc21. The van der Waals surface area contributed by atoms with E-state index in [4.69, 9.17) is 15.0 Å². The van der Waals surface area contributed by atoms with Gasteiger partial charge in [0.25, 0.3) is 0 Å². The van der Waals surface area contributed by atoms with Crippen molar-refractivity contribution in [3.05, 3.63) is 187 Å². The Morgan fingerprint density at radius 3 is 1.69 bits per heavy atom. The van der Waals surface area contributed by atoms with Crippen molar-refractivity contribution in [1.82, 2.24) is 24.1 Å². The predicted octanol–water partition coefficient (Wildman–Crippen LogP) is 12.2. The van der Waals surface area contributed by atoms with Gasteiger partial charge >= 0.3 is 0 Å². The van der Waals surface area contributed by atoms with Crippen LogP contribution in [-0.4, -0.2) is 24.1 Å². The maximum absolute atomic E-state index is 5.05. The van der Waals surface area contributed by atoms with Crippen LogP contribution < -0.4 is 0 Å². The van der Waals surface area contributed by atoms with Gasteiger partial charge in [-0.3, -0.25) is 0 Å². The summed E-state index contributed by atoms with van der Waals surface area (Å²) in [4.78, 5) is 15.0. The lowest BCUT2D eigenvalue weighted by Gasteiger charge is -2.23. The molecule has 1 aliphatic carbocycles. The number of rotatable bonds is 5. The zero-order chi connectivity index (χ0) is 36.7. The van der Waals surface area contributed by atoms with E-state index in [1.165, 1.54) is 55.0 Å². The third-order valence-electron chi connectivity index (χ3n) is 11.4. The van der Waals surface area contributed by atoms with E-state index in [-0.39, 0.29) is 5.41 Å². The number of benzene rings is 7. The normalized spacial score (nSPS) is 13.1. The van der Waals surface area contributed by atoms with Gasteiger partial charge in [0, 0.05) is 55.8 Å². The molecule has 1 aliphatic rings. The third kappa shape index (κ3) is 4.83. The summed E-state index contributed by atoms with van der Waals surface area (Å²) in [5.74, 6) is 1.99. The molecule has 10 aromatic rings. The fraction of sp³-hybridized carbons (Fsp3) is 0.0600. The molecule has 260 valence electrons. The van der Waals surface area contributed by atoms with E-state index in [2.05, 4.69) is 163 Å². The molecule has 0 atom stereocenters. The van der Waals surface area contributed by atoms with E-state index >= 15 is 0 Å². The van der Waals surface area contributed by atoms with E-state index in [1.54, 1.807) is 0 Å². The van der Waals surface area contributed by atoms with Gasteiger partial charge in [-0.1, -0.05) is 135 Å². The molecule has 55 heavy (non-hydrogen) atoms. The second-order valence-corrected chi connectivity index (χ2v) is 14.9. The van der Waals surface area contributed by atoms with Crippen LogP contribution in [0.1, 0.15) is 25.0 Å². The Bertz CT molecular complexity index is 3040. The second-order valence-electron chi connectivity index (χ2n) is 14.9. The number of fused-ring (bicyclic) bond motifs is 8. The van der Waals surface area contributed by atoms with Gasteiger partial charge in [-0.05, 0) is 70.8 Å². The first-order chi connectivity index (χ1) is 27.0. The van der Waals surface area contributed by atoms with Gasteiger partial charge in [-0.2, -0.15) is 0 Å². The molecule has 0 saturated carbocycles. The van der Waals surface area contributed by atoms with Crippen LogP contribution in [0.2, 0.25) is 0 Å². The Labute approximate surface area is 318 Å². The van der Waals surface area contributed by atoms with Crippen LogP contribution in [0.3, 0.4) is 0 Å². The molecular weight excluding hydrogens is 671 g/mol. The Balaban J connectivity index is 1.06. The van der Waals surface area contributed by atoms with Gasteiger partial charge in [0.2, 0.25) is 0 Å². The van der Waals surface area contributed by atoms with E-state index in [9.17, 15) is 0 Å². The highest BCUT2D eigenvalue weighted by molar-refractivity contribution is 6.18. The molecule has 0 aliphatic heterocycles. The van der Waals surface area contributed by atoms with Crippen molar-refractivity contribution in [2.75, 3.05) is 0 Å². The monoisotopic (exact) mass is 705 g/mol. The highest BCUT2D eigenvalue weighted by Crippen LogP contribution is 2.51. The second kappa shape index (κ2) is 12.0. The zero-order valence-electron chi connectivity index (χ0n) is 30.5. The summed E-state index contributed by atoms with van der Waals surface area (Å²) in [5.41, 5.74) is 13.6. The van der Waals surface area contributed by atoms with Gasteiger partial charge in [-0.15, -0.1) is 0 Å². The Kier molecular flexibility index (Phi) is 6.83. The first-order valence-corrected chi connectivity index (χ1v) is 18.8. The van der Waals surface area contributed by atoms with Crippen molar-refractivity contribution >= 4 is 32.7 Å². The predicted molar refractivity (Wildman–Crippen MR) is 225 cm³/mol. The largest absolute Gasteiger partial charge is 0.316 e. The fourth-order valence-corrected chi connectivity index (χ4v) is 8.70. The Hall–Kier alpha value is -7.11. The lowest BCUT2D eigenvalue weighted by atomic mass is 9.81. The van der Waals surface area contributed by atoms with E-state index in [0.717, 1.165) is 28.1 Å². The molecule has 5 heteroatoms. The standard InChI is InChI=1S/C50H35N5/c1-50(2)42-30-34(49-52-47(32-14-6-3-7-15-32)51-48(53-49)33-16-8-4-9-17-33)22-24-37(42)38-25-23-36(31-43(38)50)55-45-21-13-12-20-39(45)40-26-27-44-41(46(40)55)28-29-54(44)35-18-10-5-11-19-35/h3-31H,1-2H3. The summed E-state index contributed by atoms with van der Waals surface area (Å²) in [5, 5.41) is 3.73. The van der Waals surface area contributed by atoms with Crippen molar-refractivity contribution < 1.29 is 0 Å². The fourth-order valence-electron chi connectivity index (χ4n) is 8.70. The van der Waals surface area contributed by atoms with E-state index < -0.39 is 0 Å². The quantitative estimate of drug-likeness (QED) is 0.179. The molecule has 7 aromatic carbocycles. The molecule has 0 bridgehead atoms. The number of hydrogen-bond donors (Lipinski definition) is 0. The first-order valence-electron chi connectivity index (χ1n) is 18.8. The summed E-state index contributed by atoms with van der Waals surface area (Å²) >= 11 is 0. The van der Waals surface area contributed by atoms with E-state index in [0.29, 0.717) is 17.5 Å². The molecular formula is C50H35N5. The molecule has 0 N–H and O–H groups in total. The molecule has 0 saturated heterocycles. The molecule has 0 radical (unpaired) electrons.